The minimum atomic E-state index is -4.97. The maximum atomic E-state index is 12.5. The Balaban J connectivity index is 0.00000422. The van der Waals surface area contributed by atoms with Crippen LogP contribution in [-0.2, 0) is 10.1 Å². The third kappa shape index (κ3) is 14.6. The number of anilines is 10. The Kier molecular flexibility index (Phi) is 19.9. The van der Waals surface area contributed by atoms with Gasteiger partial charge in [-0.15, -0.1) is 30.3 Å². The molecule has 6 aromatic rings. The van der Waals surface area contributed by atoms with Gasteiger partial charge < -0.3 is 56.0 Å². The molecule has 22 heteroatoms. The van der Waals surface area contributed by atoms with Gasteiger partial charge in [0.05, 0.1) is 31.3 Å². The summed E-state index contributed by atoms with van der Waals surface area (Å²) in [6.45, 7) is -0.225. The first kappa shape index (κ1) is 49.8. The third-order valence-corrected chi connectivity index (χ3v) is 9.32. The van der Waals surface area contributed by atoms with Gasteiger partial charge in [-0.25, -0.2) is 8.42 Å². The molecule has 0 radical (unpaired) electrons. The smallest absolute Gasteiger partial charge is 0.744 e. The van der Waals surface area contributed by atoms with Crippen LogP contribution in [0.25, 0.3) is 12.2 Å². The molecule has 6 rings (SSSR count). The van der Waals surface area contributed by atoms with E-state index in [1.54, 1.807) is 52.3 Å². The van der Waals surface area contributed by atoms with Crippen molar-refractivity contribution in [1.29, 1.82) is 0 Å². The molecule has 0 fully saturated rings. The zero-order valence-electron chi connectivity index (χ0n) is 34.0. The normalized spacial score (nSPS) is 11.0. The SMILES string of the molecule is O=S(=O)([O-])c1cc(Nc2nc(Nc3ccccc3)nc(N(CCO)CCO)n2)ccc1C=Cc1[c-]cc(Nc2nc(Nc3ccccc3)nc(N(CCO)CCO)n2)cc1.[Na+].[Na+]. The average Bonchev–Trinajstić information content (AvgIpc) is 3.24. The van der Waals surface area contributed by atoms with Gasteiger partial charge in [-0.05, 0) is 47.6 Å². The van der Waals surface area contributed by atoms with Crippen molar-refractivity contribution in [3.05, 3.63) is 114 Å². The van der Waals surface area contributed by atoms with Crippen molar-refractivity contribution in [3.63, 3.8) is 0 Å². The van der Waals surface area contributed by atoms with E-state index in [0.717, 1.165) is 5.69 Å². The zero-order valence-corrected chi connectivity index (χ0v) is 38.9. The molecular weight excluding hydrogens is 839 g/mol. The van der Waals surface area contributed by atoms with Gasteiger partial charge in [-0.2, -0.15) is 35.5 Å². The summed E-state index contributed by atoms with van der Waals surface area (Å²) in [5.74, 6) is 0.911. The molecule has 0 aliphatic carbocycles. The van der Waals surface area contributed by atoms with Crippen molar-refractivity contribution in [1.82, 2.24) is 29.9 Å². The minimum absolute atomic E-state index is 0. The Hall–Kier alpha value is -4.81. The van der Waals surface area contributed by atoms with Crippen molar-refractivity contribution in [3.8, 4) is 0 Å². The van der Waals surface area contributed by atoms with Gasteiger partial charge >= 0.3 is 59.1 Å². The average molecular weight is 881 g/mol. The summed E-state index contributed by atoms with van der Waals surface area (Å²) in [5, 5.41) is 50.7. The number of aliphatic hydroxyl groups is 4. The zero-order chi connectivity index (χ0) is 42.3. The minimum Gasteiger partial charge on any atom is -0.744 e. The number of benzene rings is 4. The van der Waals surface area contributed by atoms with Crippen molar-refractivity contribution in [2.24, 2.45) is 0 Å². The summed E-state index contributed by atoms with van der Waals surface area (Å²) in [7, 11) is -4.97. The molecule has 0 saturated carbocycles. The number of hydrogen-bond acceptors (Lipinski definition) is 19. The van der Waals surface area contributed by atoms with Crippen LogP contribution in [0, 0.1) is 6.07 Å². The molecule has 0 aliphatic heterocycles. The number of aliphatic hydroxyl groups excluding tert-OH is 4. The number of nitrogens with one attached hydrogen (secondary N) is 4. The van der Waals surface area contributed by atoms with Crippen molar-refractivity contribution < 1.29 is 92.5 Å². The molecule has 0 bridgehead atoms. The molecule has 19 nitrogen and oxygen atoms in total. The quantitative estimate of drug-likeness (QED) is 0.0161. The standard InChI is InChI=1S/C40H43N12O7S.2Na/c53-23-19-51(20-24-54)39-47-35(41-30-7-3-1-4-8-30)45-37(49-39)43-32-16-12-28(13-17-32)11-14-29-15-18-33(27-34(29)60(57,58)59)44-38-46-36(42-31-9-5-2-6-10-31)48-40(50-38)52(21-25-55)22-26-56;;/h1-12,14-18,27,53-56H,19-26H2,(H,57,58,59)(H2,41,43,45,47,49)(H2,42,44,46,48,50);;/q-1;2*+1/p-1. The van der Waals surface area contributed by atoms with Crippen LogP contribution >= 0.6 is 0 Å². The van der Waals surface area contributed by atoms with E-state index >= 15 is 0 Å². The second-order valence-corrected chi connectivity index (χ2v) is 14.1. The fourth-order valence-corrected chi connectivity index (χ4v) is 6.36. The second-order valence-electron chi connectivity index (χ2n) is 12.7. The Morgan fingerprint density at radius 3 is 1.37 bits per heavy atom. The molecule has 0 atom stereocenters. The van der Waals surface area contributed by atoms with Crippen molar-refractivity contribution in [2.75, 3.05) is 83.7 Å². The molecule has 0 saturated heterocycles. The van der Waals surface area contributed by atoms with Crippen LogP contribution < -0.4 is 90.2 Å². The van der Waals surface area contributed by atoms with Crippen LogP contribution in [0.5, 0.6) is 0 Å². The fourth-order valence-electron chi connectivity index (χ4n) is 5.67. The summed E-state index contributed by atoms with van der Waals surface area (Å²) in [4.78, 5) is 29.4. The van der Waals surface area contributed by atoms with Gasteiger partial charge in [0.25, 0.3) is 0 Å². The van der Waals surface area contributed by atoms with Crippen LogP contribution in [0.15, 0.2) is 102 Å². The molecule has 312 valence electrons. The Morgan fingerprint density at radius 2 is 0.968 bits per heavy atom. The number of aromatic nitrogens is 6. The second kappa shape index (κ2) is 24.7. The van der Waals surface area contributed by atoms with E-state index in [4.69, 9.17) is 0 Å². The summed E-state index contributed by atoms with van der Waals surface area (Å²) < 4.78 is 37.5. The molecule has 0 amide bonds. The van der Waals surface area contributed by atoms with E-state index in [2.05, 4.69) is 57.2 Å². The van der Waals surface area contributed by atoms with Crippen LogP contribution in [0.3, 0.4) is 0 Å². The van der Waals surface area contributed by atoms with E-state index in [0.29, 0.717) is 16.9 Å². The van der Waals surface area contributed by atoms with Crippen LogP contribution in [0.1, 0.15) is 11.1 Å². The number of para-hydroxylation sites is 2. The molecule has 4 aromatic carbocycles. The van der Waals surface area contributed by atoms with E-state index in [9.17, 15) is 33.4 Å². The van der Waals surface area contributed by atoms with Gasteiger partial charge in [-0.1, -0.05) is 48.5 Å². The number of nitrogens with zero attached hydrogens (tertiary/aromatic N) is 8. The van der Waals surface area contributed by atoms with E-state index < -0.39 is 15.0 Å². The van der Waals surface area contributed by atoms with Gasteiger partial charge in [0.1, 0.15) is 10.1 Å². The first-order chi connectivity index (χ1) is 29.1. The van der Waals surface area contributed by atoms with Gasteiger partial charge in [0.15, 0.2) is 0 Å². The maximum absolute atomic E-state index is 12.5. The van der Waals surface area contributed by atoms with Crippen LogP contribution in [0.4, 0.5) is 58.4 Å². The van der Waals surface area contributed by atoms with Crippen molar-refractivity contribution >= 4 is 80.7 Å². The molecule has 0 spiro atoms. The largest absolute Gasteiger partial charge is 1.00 e. The van der Waals surface area contributed by atoms with Crippen molar-refractivity contribution in [2.45, 2.75) is 4.90 Å². The maximum Gasteiger partial charge on any atom is 1.00 e. The number of hydrogen-bond donors (Lipinski definition) is 8. The Bertz CT molecular complexity index is 2450. The van der Waals surface area contributed by atoms with Crippen LogP contribution in [0.2, 0.25) is 0 Å². The topological polar surface area (TPSA) is 270 Å². The van der Waals surface area contributed by atoms with Gasteiger partial charge in [0.2, 0.25) is 35.7 Å². The van der Waals surface area contributed by atoms with E-state index in [1.807, 2.05) is 48.5 Å². The summed E-state index contributed by atoms with van der Waals surface area (Å²) >= 11 is 0. The molecule has 2 aromatic heterocycles. The van der Waals surface area contributed by atoms with Gasteiger partial charge in [-0.3, -0.25) is 0 Å². The predicted octanol–water partition coefficient (Wildman–Crippen LogP) is -2.50. The van der Waals surface area contributed by atoms with E-state index in [-0.39, 0.29) is 159 Å². The van der Waals surface area contributed by atoms with Crippen LogP contribution in [-0.4, -0.2) is 116 Å². The molecular formula is C40H42N12Na2O7S. The van der Waals surface area contributed by atoms with Gasteiger partial charge in [0, 0.05) is 43.2 Å². The Labute approximate surface area is 402 Å². The summed E-state index contributed by atoms with van der Waals surface area (Å²) in [5.41, 5.74) is 2.86. The first-order valence-electron chi connectivity index (χ1n) is 18.6. The first-order valence-corrected chi connectivity index (χ1v) is 20.0. The molecule has 2 heterocycles. The fraction of sp³-hybridized carbons (Fsp3) is 0.200. The monoisotopic (exact) mass is 880 g/mol. The molecule has 0 unspecified atom stereocenters. The summed E-state index contributed by atoms with van der Waals surface area (Å²) in [6, 6.07) is 30.8. The molecule has 62 heavy (non-hydrogen) atoms. The number of rotatable bonds is 21. The summed E-state index contributed by atoms with van der Waals surface area (Å²) in [6.07, 6.45) is 3.08. The molecule has 8 N–H and O–H groups in total. The third-order valence-electron chi connectivity index (χ3n) is 8.43. The Morgan fingerprint density at radius 1 is 0.548 bits per heavy atom. The molecule has 0 aliphatic rings. The predicted molar refractivity (Wildman–Crippen MR) is 227 cm³/mol. The van der Waals surface area contributed by atoms with E-state index in [1.165, 1.54) is 18.2 Å².